The molecule has 0 aromatic carbocycles. The highest BCUT2D eigenvalue weighted by Crippen LogP contribution is 2.61. The SMILES string of the molecule is C=C1[C@@H](OO)C[C@H]2C[C@@H]1C2(C)C. The van der Waals surface area contributed by atoms with Crippen molar-refractivity contribution in [3.05, 3.63) is 12.2 Å². The van der Waals surface area contributed by atoms with E-state index in [2.05, 4.69) is 25.3 Å². The standard InChI is InChI=1S/C10H16O2/c1-6-8-4-7(10(8,2)3)5-9(6)12-11/h7-9,11H,1,4-5H2,2-3H3/t7-,8+,9+/m1/s1. The molecule has 2 bridgehead atoms. The third-order valence-electron chi connectivity index (χ3n) is 3.96. The molecule has 1 N–H and O–H groups in total. The Kier molecular flexibility index (Phi) is 1.61. The van der Waals surface area contributed by atoms with E-state index in [1.807, 2.05) is 0 Å². The van der Waals surface area contributed by atoms with Crippen molar-refractivity contribution in [3.8, 4) is 0 Å². The lowest BCUT2D eigenvalue weighted by atomic mass is 9.47. The second-order valence-corrected chi connectivity index (χ2v) is 4.71. The summed E-state index contributed by atoms with van der Waals surface area (Å²) in [7, 11) is 0. The Morgan fingerprint density at radius 3 is 2.58 bits per heavy atom. The number of hydrogen-bond donors (Lipinski definition) is 1. The summed E-state index contributed by atoms with van der Waals surface area (Å²) in [5.41, 5.74) is 1.48. The summed E-state index contributed by atoms with van der Waals surface area (Å²) in [6, 6.07) is 0. The topological polar surface area (TPSA) is 29.5 Å². The van der Waals surface area contributed by atoms with E-state index in [-0.39, 0.29) is 6.10 Å². The van der Waals surface area contributed by atoms with Crippen LogP contribution in [0.1, 0.15) is 26.7 Å². The van der Waals surface area contributed by atoms with Gasteiger partial charge in [-0.3, -0.25) is 5.26 Å². The second-order valence-electron chi connectivity index (χ2n) is 4.71. The molecule has 68 valence electrons. The highest BCUT2D eigenvalue weighted by molar-refractivity contribution is 5.23. The number of hydrogen-bond acceptors (Lipinski definition) is 2. The van der Waals surface area contributed by atoms with Gasteiger partial charge in [-0.2, -0.15) is 0 Å². The highest BCUT2D eigenvalue weighted by atomic mass is 17.1. The molecule has 0 aromatic heterocycles. The van der Waals surface area contributed by atoms with Crippen LogP contribution in [0, 0.1) is 17.3 Å². The first-order valence-electron chi connectivity index (χ1n) is 4.56. The second kappa shape index (κ2) is 2.33. The van der Waals surface area contributed by atoms with Crippen molar-refractivity contribution in [1.82, 2.24) is 0 Å². The lowest BCUT2D eigenvalue weighted by Gasteiger charge is -2.59. The van der Waals surface area contributed by atoms with Crippen LogP contribution in [0.15, 0.2) is 12.2 Å². The fourth-order valence-corrected chi connectivity index (χ4v) is 2.79. The van der Waals surface area contributed by atoms with Gasteiger partial charge >= 0.3 is 0 Å². The zero-order valence-electron chi connectivity index (χ0n) is 7.71. The summed E-state index contributed by atoms with van der Waals surface area (Å²) < 4.78 is 0. The van der Waals surface area contributed by atoms with Crippen molar-refractivity contribution in [1.29, 1.82) is 0 Å². The van der Waals surface area contributed by atoms with Gasteiger partial charge in [0.25, 0.3) is 0 Å². The maximum absolute atomic E-state index is 8.61. The molecule has 2 heteroatoms. The predicted octanol–water partition coefficient (Wildman–Crippen LogP) is 2.47. The lowest BCUT2D eigenvalue weighted by molar-refractivity contribution is -0.289. The minimum Gasteiger partial charge on any atom is -0.251 e. The molecule has 0 radical (unpaired) electrons. The van der Waals surface area contributed by atoms with Gasteiger partial charge in [0.2, 0.25) is 0 Å². The van der Waals surface area contributed by atoms with E-state index in [9.17, 15) is 0 Å². The fourth-order valence-electron chi connectivity index (χ4n) is 2.79. The van der Waals surface area contributed by atoms with Gasteiger partial charge in [0.05, 0.1) is 0 Å². The zero-order chi connectivity index (χ0) is 8.93. The fraction of sp³-hybridized carbons (Fsp3) is 0.800. The van der Waals surface area contributed by atoms with Gasteiger partial charge in [-0.15, -0.1) is 0 Å². The van der Waals surface area contributed by atoms with Gasteiger partial charge in [0.15, 0.2) is 0 Å². The van der Waals surface area contributed by atoms with Gasteiger partial charge < -0.3 is 0 Å². The van der Waals surface area contributed by atoms with Gasteiger partial charge in [-0.25, -0.2) is 4.89 Å². The largest absolute Gasteiger partial charge is 0.251 e. The summed E-state index contributed by atoms with van der Waals surface area (Å²) >= 11 is 0. The van der Waals surface area contributed by atoms with Crippen LogP contribution < -0.4 is 0 Å². The zero-order valence-corrected chi connectivity index (χ0v) is 7.71. The van der Waals surface area contributed by atoms with E-state index in [4.69, 9.17) is 5.26 Å². The lowest BCUT2D eigenvalue weighted by Crippen LogP contribution is -2.53. The molecule has 3 fully saturated rings. The van der Waals surface area contributed by atoms with Crippen molar-refractivity contribution >= 4 is 0 Å². The van der Waals surface area contributed by atoms with Crippen LogP contribution in [0.2, 0.25) is 0 Å². The van der Waals surface area contributed by atoms with Crippen LogP contribution in [0.5, 0.6) is 0 Å². The van der Waals surface area contributed by atoms with Crippen LogP contribution in [0.3, 0.4) is 0 Å². The normalized spacial score (nSPS) is 43.9. The Hall–Kier alpha value is -0.340. The minimum atomic E-state index is -0.0956. The van der Waals surface area contributed by atoms with Crippen molar-refractivity contribution in [2.45, 2.75) is 32.8 Å². The van der Waals surface area contributed by atoms with E-state index in [0.29, 0.717) is 17.3 Å². The van der Waals surface area contributed by atoms with E-state index in [1.165, 1.54) is 6.42 Å². The smallest absolute Gasteiger partial charge is 0.114 e. The molecule has 3 rings (SSSR count). The first kappa shape index (κ1) is 8.27. The molecule has 2 nitrogen and oxygen atoms in total. The molecule has 3 aliphatic rings. The van der Waals surface area contributed by atoms with Crippen LogP contribution in [-0.2, 0) is 4.89 Å². The Morgan fingerprint density at radius 2 is 2.17 bits per heavy atom. The number of fused-ring (bicyclic) bond motifs is 2. The molecule has 0 spiro atoms. The maximum atomic E-state index is 8.61. The van der Waals surface area contributed by atoms with Crippen molar-refractivity contribution in [2.75, 3.05) is 0 Å². The molecule has 0 amide bonds. The molecule has 0 saturated heterocycles. The Bertz CT molecular complexity index is 220. The monoisotopic (exact) mass is 168 g/mol. The van der Waals surface area contributed by atoms with Crippen LogP contribution in [0.4, 0.5) is 0 Å². The van der Waals surface area contributed by atoms with Gasteiger partial charge in [0, 0.05) is 0 Å². The Labute approximate surface area is 73.2 Å². The third-order valence-corrected chi connectivity index (χ3v) is 3.96. The molecule has 0 aliphatic heterocycles. The molecule has 0 aromatic rings. The summed E-state index contributed by atoms with van der Waals surface area (Å²) in [5.74, 6) is 1.28. The summed E-state index contributed by atoms with van der Waals surface area (Å²) in [6.45, 7) is 8.56. The van der Waals surface area contributed by atoms with Gasteiger partial charge in [-0.1, -0.05) is 20.4 Å². The average molecular weight is 168 g/mol. The van der Waals surface area contributed by atoms with E-state index < -0.39 is 0 Å². The van der Waals surface area contributed by atoms with Crippen molar-refractivity contribution in [3.63, 3.8) is 0 Å². The van der Waals surface area contributed by atoms with Crippen LogP contribution in [-0.4, -0.2) is 11.4 Å². The summed E-state index contributed by atoms with van der Waals surface area (Å²) in [4.78, 5) is 4.40. The Morgan fingerprint density at radius 1 is 1.50 bits per heavy atom. The molecule has 0 unspecified atom stereocenters. The molecular formula is C10H16O2. The van der Waals surface area contributed by atoms with Gasteiger partial charge in [-0.05, 0) is 35.7 Å². The van der Waals surface area contributed by atoms with Crippen LogP contribution in [0.25, 0.3) is 0 Å². The molecule has 3 saturated carbocycles. The highest BCUT2D eigenvalue weighted by Gasteiger charge is 2.55. The molecule has 12 heavy (non-hydrogen) atoms. The van der Waals surface area contributed by atoms with Crippen molar-refractivity contribution in [2.24, 2.45) is 17.3 Å². The molecule has 3 atom stereocenters. The predicted molar refractivity (Wildman–Crippen MR) is 46.6 cm³/mol. The molecule has 3 aliphatic carbocycles. The molecular weight excluding hydrogens is 152 g/mol. The first-order chi connectivity index (χ1) is 5.57. The van der Waals surface area contributed by atoms with E-state index >= 15 is 0 Å². The van der Waals surface area contributed by atoms with Crippen molar-refractivity contribution < 1.29 is 10.1 Å². The maximum Gasteiger partial charge on any atom is 0.114 e. The first-order valence-corrected chi connectivity index (χ1v) is 4.56. The quantitative estimate of drug-likeness (QED) is 0.370. The summed E-state index contributed by atoms with van der Waals surface area (Å²) in [5, 5.41) is 8.61. The Balaban J connectivity index is 2.17. The average Bonchev–Trinajstić information content (AvgIpc) is 2.03. The molecule has 0 heterocycles. The number of rotatable bonds is 1. The van der Waals surface area contributed by atoms with Crippen LogP contribution >= 0.6 is 0 Å². The summed E-state index contributed by atoms with van der Waals surface area (Å²) in [6.07, 6.45) is 2.09. The van der Waals surface area contributed by atoms with Gasteiger partial charge in [0.1, 0.15) is 6.10 Å². The van der Waals surface area contributed by atoms with E-state index in [1.54, 1.807) is 0 Å². The minimum absolute atomic E-state index is 0.0956. The van der Waals surface area contributed by atoms with E-state index in [0.717, 1.165) is 12.0 Å². The third kappa shape index (κ3) is 0.824.